The molecule has 0 saturated carbocycles. The Morgan fingerprint density at radius 2 is 2.00 bits per heavy atom. The van der Waals surface area contributed by atoms with Crippen molar-refractivity contribution in [3.63, 3.8) is 0 Å². The van der Waals surface area contributed by atoms with Crippen LogP contribution in [0.15, 0.2) is 36.4 Å². The highest BCUT2D eigenvalue weighted by molar-refractivity contribution is 5.95. The largest absolute Gasteiger partial charge is 0.295 e. The first-order valence-corrected chi connectivity index (χ1v) is 5.01. The van der Waals surface area contributed by atoms with Crippen LogP contribution >= 0.6 is 0 Å². The molecule has 0 aliphatic heterocycles. The number of rotatable bonds is 4. The van der Waals surface area contributed by atoms with E-state index in [9.17, 15) is 4.79 Å². The van der Waals surface area contributed by atoms with Crippen molar-refractivity contribution in [1.82, 2.24) is 0 Å². The molecule has 1 atom stereocenters. The molecular formula is C13H16O. The van der Waals surface area contributed by atoms with Crippen LogP contribution in [0.3, 0.4) is 0 Å². The summed E-state index contributed by atoms with van der Waals surface area (Å²) < 4.78 is 0. The molecular weight excluding hydrogens is 172 g/mol. The summed E-state index contributed by atoms with van der Waals surface area (Å²) in [4.78, 5) is 11.5. The Labute approximate surface area is 85.5 Å². The molecule has 14 heavy (non-hydrogen) atoms. The molecule has 0 fully saturated rings. The molecule has 1 heteroatoms. The molecule has 1 aromatic carbocycles. The summed E-state index contributed by atoms with van der Waals surface area (Å²) in [6.07, 6.45) is 4.44. The lowest BCUT2D eigenvalue weighted by Crippen LogP contribution is -2.05. The number of hydrogen-bond acceptors (Lipinski definition) is 1. The van der Waals surface area contributed by atoms with Gasteiger partial charge in [0.15, 0.2) is 5.78 Å². The highest BCUT2D eigenvalue weighted by atomic mass is 16.1. The smallest absolute Gasteiger partial charge is 0.158 e. The first kappa shape index (κ1) is 10.7. The van der Waals surface area contributed by atoms with Crippen molar-refractivity contribution in [2.75, 3.05) is 0 Å². The number of ketones is 1. The molecule has 0 aliphatic rings. The van der Waals surface area contributed by atoms with Crippen LogP contribution in [0.5, 0.6) is 0 Å². The molecule has 0 saturated heterocycles. The first-order valence-electron chi connectivity index (χ1n) is 5.01. The lowest BCUT2D eigenvalue weighted by atomic mass is 10.0. The first-order chi connectivity index (χ1) is 6.74. The quantitative estimate of drug-likeness (QED) is 0.662. The van der Waals surface area contributed by atoms with Gasteiger partial charge in [-0.1, -0.05) is 50.3 Å². The van der Waals surface area contributed by atoms with Gasteiger partial charge >= 0.3 is 0 Å². The minimum Gasteiger partial charge on any atom is -0.295 e. The van der Waals surface area contributed by atoms with Gasteiger partial charge in [-0.15, -0.1) is 0 Å². The van der Waals surface area contributed by atoms with Gasteiger partial charge in [0.25, 0.3) is 0 Å². The molecule has 0 aliphatic carbocycles. The van der Waals surface area contributed by atoms with E-state index in [0.717, 1.165) is 12.0 Å². The molecule has 1 aromatic rings. The van der Waals surface area contributed by atoms with Gasteiger partial charge in [0.2, 0.25) is 0 Å². The fourth-order valence-electron chi connectivity index (χ4n) is 1.11. The number of carbonyl (C=O) groups is 1. The van der Waals surface area contributed by atoms with Crippen LogP contribution in [0.2, 0.25) is 0 Å². The third-order valence-electron chi connectivity index (χ3n) is 2.34. The molecule has 1 unspecified atom stereocenters. The summed E-state index contributed by atoms with van der Waals surface area (Å²) in [7, 11) is 0. The van der Waals surface area contributed by atoms with Gasteiger partial charge in [-0.05, 0) is 18.1 Å². The van der Waals surface area contributed by atoms with E-state index in [2.05, 4.69) is 0 Å². The highest BCUT2D eigenvalue weighted by Gasteiger charge is 2.05. The second-order valence-corrected chi connectivity index (χ2v) is 3.46. The zero-order valence-electron chi connectivity index (χ0n) is 8.73. The Morgan fingerprint density at radius 3 is 2.57 bits per heavy atom. The van der Waals surface area contributed by atoms with Crippen LogP contribution in [0.1, 0.15) is 25.8 Å². The second-order valence-electron chi connectivity index (χ2n) is 3.46. The number of carbonyl (C=O) groups excluding carboxylic acids is 1. The molecule has 1 nitrogen and oxygen atoms in total. The van der Waals surface area contributed by atoms with Crippen LogP contribution in [0.25, 0.3) is 6.08 Å². The number of allylic oxidation sites excluding steroid dienone is 1. The van der Waals surface area contributed by atoms with Gasteiger partial charge in [0.1, 0.15) is 0 Å². The van der Waals surface area contributed by atoms with E-state index in [0.29, 0.717) is 0 Å². The monoisotopic (exact) mass is 188 g/mol. The Hall–Kier alpha value is -1.37. The highest BCUT2D eigenvalue weighted by Crippen LogP contribution is 2.06. The Kier molecular flexibility index (Phi) is 4.11. The van der Waals surface area contributed by atoms with Crippen LogP contribution in [0.4, 0.5) is 0 Å². The van der Waals surface area contributed by atoms with Gasteiger partial charge in [-0.25, -0.2) is 0 Å². The van der Waals surface area contributed by atoms with Gasteiger partial charge < -0.3 is 0 Å². The molecule has 0 bridgehead atoms. The Balaban J connectivity index is 2.61. The summed E-state index contributed by atoms with van der Waals surface area (Å²) in [6.45, 7) is 3.98. The molecule has 0 N–H and O–H groups in total. The summed E-state index contributed by atoms with van der Waals surface area (Å²) >= 11 is 0. The van der Waals surface area contributed by atoms with Crippen LogP contribution in [0, 0.1) is 5.92 Å². The van der Waals surface area contributed by atoms with E-state index >= 15 is 0 Å². The zero-order chi connectivity index (χ0) is 10.4. The Morgan fingerprint density at radius 1 is 1.36 bits per heavy atom. The van der Waals surface area contributed by atoms with E-state index in [1.165, 1.54) is 0 Å². The normalized spacial score (nSPS) is 13.0. The predicted molar refractivity (Wildman–Crippen MR) is 59.9 cm³/mol. The minimum atomic E-state index is 0.134. The van der Waals surface area contributed by atoms with Gasteiger partial charge in [0, 0.05) is 5.92 Å². The van der Waals surface area contributed by atoms with Crippen LogP contribution in [-0.4, -0.2) is 5.78 Å². The number of hydrogen-bond donors (Lipinski definition) is 0. The summed E-state index contributed by atoms with van der Waals surface area (Å²) in [5.41, 5.74) is 1.07. The topological polar surface area (TPSA) is 17.1 Å². The number of benzene rings is 1. The van der Waals surface area contributed by atoms with Gasteiger partial charge in [-0.3, -0.25) is 4.79 Å². The van der Waals surface area contributed by atoms with Crippen molar-refractivity contribution in [1.29, 1.82) is 0 Å². The lowest BCUT2D eigenvalue weighted by molar-refractivity contribution is -0.117. The standard InChI is InChI=1S/C13H16O/c1-3-11(2)13(14)10-9-12-7-5-4-6-8-12/h4-11H,3H2,1-2H3. The van der Waals surface area contributed by atoms with Crippen molar-refractivity contribution in [2.24, 2.45) is 5.92 Å². The summed E-state index contributed by atoms with van der Waals surface area (Å²) in [5.74, 6) is 0.339. The third-order valence-corrected chi connectivity index (χ3v) is 2.34. The molecule has 74 valence electrons. The summed E-state index contributed by atoms with van der Waals surface area (Å²) in [6, 6.07) is 9.87. The molecule has 0 amide bonds. The molecule has 0 spiro atoms. The van der Waals surface area contributed by atoms with E-state index < -0.39 is 0 Å². The van der Waals surface area contributed by atoms with Crippen molar-refractivity contribution < 1.29 is 4.79 Å². The van der Waals surface area contributed by atoms with Crippen LogP contribution in [-0.2, 0) is 4.79 Å². The average molecular weight is 188 g/mol. The Bertz CT molecular complexity index is 311. The van der Waals surface area contributed by atoms with Crippen molar-refractivity contribution in [3.05, 3.63) is 42.0 Å². The maximum Gasteiger partial charge on any atom is 0.158 e. The molecule has 0 aromatic heterocycles. The van der Waals surface area contributed by atoms with Crippen molar-refractivity contribution >= 4 is 11.9 Å². The fourth-order valence-corrected chi connectivity index (χ4v) is 1.11. The maximum atomic E-state index is 11.5. The predicted octanol–water partition coefficient (Wildman–Crippen LogP) is 3.32. The fraction of sp³-hybridized carbons (Fsp3) is 0.308. The lowest BCUT2D eigenvalue weighted by Gasteiger charge is -2.01. The van der Waals surface area contributed by atoms with E-state index in [4.69, 9.17) is 0 Å². The van der Waals surface area contributed by atoms with Crippen molar-refractivity contribution in [2.45, 2.75) is 20.3 Å². The van der Waals surface area contributed by atoms with E-state index in [-0.39, 0.29) is 11.7 Å². The van der Waals surface area contributed by atoms with E-state index in [1.807, 2.05) is 50.3 Å². The summed E-state index contributed by atoms with van der Waals surface area (Å²) in [5, 5.41) is 0. The second kappa shape index (κ2) is 5.38. The van der Waals surface area contributed by atoms with Gasteiger partial charge in [-0.2, -0.15) is 0 Å². The zero-order valence-corrected chi connectivity index (χ0v) is 8.73. The van der Waals surface area contributed by atoms with Crippen LogP contribution < -0.4 is 0 Å². The van der Waals surface area contributed by atoms with E-state index in [1.54, 1.807) is 6.08 Å². The average Bonchev–Trinajstić information content (AvgIpc) is 2.26. The third kappa shape index (κ3) is 3.17. The van der Waals surface area contributed by atoms with Crippen molar-refractivity contribution in [3.8, 4) is 0 Å². The minimum absolute atomic E-state index is 0.134. The molecule has 0 heterocycles. The SMILES string of the molecule is CCC(C)C(=O)C=Cc1ccccc1. The maximum absolute atomic E-state index is 11.5. The van der Waals surface area contributed by atoms with Gasteiger partial charge in [0.05, 0.1) is 0 Å². The molecule has 0 radical (unpaired) electrons. The molecule has 1 rings (SSSR count).